The monoisotopic (exact) mass is 257 g/mol. The lowest BCUT2D eigenvalue weighted by atomic mass is 10.0. The van der Waals surface area contributed by atoms with Crippen molar-refractivity contribution in [2.45, 2.75) is 12.5 Å². The van der Waals surface area contributed by atoms with Crippen LogP contribution in [-0.4, -0.2) is 30.0 Å². The van der Waals surface area contributed by atoms with E-state index in [1.54, 1.807) is 0 Å². The Morgan fingerprint density at radius 1 is 1.53 bits per heavy atom. The summed E-state index contributed by atoms with van der Waals surface area (Å²) in [5.41, 5.74) is 5.56. The van der Waals surface area contributed by atoms with Crippen LogP contribution in [0.1, 0.15) is 16.8 Å². The van der Waals surface area contributed by atoms with Gasteiger partial charge in [0.15, 0.2) is 5.78 Å². The maximum atomic E-state index is 11.8. The Balaban J connectivity index is 2.92. The van der Waals surface area contributed by atoms with Crippen molar-refractivity contribution in [3.8, 4) is 5.75 Å². The van der Waals surface area contributed by atoms with Gasteiger partial charge in [-0.05, 0) is 18.2 Å². The van der Waals surface area contributed by atoms with Gasteiger partial charge in [-0.3, -0.25) is 9.59 Å². The molecule has 1 aromatic rings. The van der Waals surface area contributed by atoms with Gasteiger partial charge >= 0.3 is 5.97 Å². The molecule has 0 amide bonds. The highest BCUT2D eigenvalue weighted by Gasteiger charge is 2.20. The fourth-order valence-corrected chi connectivity index (χ4v) is 1.45. The molecule has 1 aromatic carbocycles. The lowest BCUT2D eigenvalue weighted by Crippen LogP contribution is -2.32. The Morgan fingerprint density at radius 2 is 2.18 bits per heavy atom. The zero-order valence-corrected chi connectivity index (χ0v) is 9.90. The van der Waals surface area contributed by atoms with Crippen LogP contribution in [0, 0.1) is 0 Å². The van der Waals surface area contributed by atoms with Crippen LogP contribution in [0.3, 0.4) is 0 Å². The lowest BCUT2D eigenvalue weighted by Gasteiger charge is -2.09. The molecular weight excluding hydrogens is 246 g/mol. The van der Waals surface area contributed by atoms with E-state index in [4.69, 9.17) is 27.2 Å². The van der Waals surface area contributed by atoms with Gasteiger partial charge < -0.3 is 15.6 Å². The van der Waals surface area contributed by atoms with Crippen LogP contribution < -0.4 is 10.5 Å². The van der Waals surface area contributed by atoms with Crippen molar-refractivity contribution in [3.05, 3.63) is 28.8 Å². The quantitative estimate of drug-likeness (QED) is 0.777. The van der Waals surface area contributed by atoms with Gasteiger partial charge in [0.1, 0.15) is 11.8 Å². The van der Waals surface area contributed by atoms with Crippen molar-refractivity contribution in [3.63, 3.8) is 0 Å². The Labute approximate surface area is 103 Å². The number of aliphatic carboxylic acids is 1. The first kappa shape index (κ1) is 13.5. The molecule has 17 heavy (non-hydrogen) atoms. The SMILES string of the molecule is COc1cc(Cl)ccc1C(=O)CC(N)C(=O)O. The van der Waals surface area contributed by atoms with Crippen LogP contribution in [0.4, 0.5) is 0 Å². The van der Waals surface area contributed by atoms with Gasteiger partial charge in [0, 0.05) is 11.4 Å². The Morgan fingerprint density at radius 3 is 2.71 bits per heavy atom. The molecule has 0 aliphatic rings. The van der Waals surface area contributed by atoms with Crippen LogP contribution in [0.2, 0.25) is 5.02 Å². The van der Waals surface area contributed by atoms with E-state index in [0.29, 0.717) is 10.8 Å². The Hall–Kier alpha value is -1.59. The summed E-state index contributed by atoms with van der Waals surface area (Å²) >= 11 is 5.75. The summed E-state index contributed by atoms with van der Waals surface area (Å²) in [5.74, 6) is -1.31. The number of ketones is 1. The highest BCUT2D eigenvalue weighted by molar-refractivity contribution is 6.30. The maximum Gasteiger partial charge on any atom is 0.320 e. The number of ether oxygens (including phenoxy) is 1. The van der Waals surface area contributed by atoms with Crippen LogP contribution in [0.15, 0.2) is 18.2 Å². The van der Waals surface area contributed by atoms with Gasteiger partial charge in [-0.1, -0.05) is 11.6 Å². The first-order valence-electron chi connectivity index (χ1n) is 4.81. The van der Waals surface area contributed by atoms with Crippen molar-refractivity contribution in [1.82, 2.24) is 0 Å². The summed E-state index contributed by atoms with van der Waals surface area (Å²) < 4.78 is 5.00. The first-order chi connectivity index (χ1) is 7.95. The summed E-state index contributed by atoms with van der Waals surface area (Å²) in [6.07, 6.45) is -0.284. The third-order valence-corrected chi connectivity index (χ3v) is 2.42. The molecule has 0 heterocycles. The lowest BCUT2D eigenvalue weighted by molar-refractivity contribution is -0.138. The number of benzene rings is 1. The van der Waals surface area contributed by atoms with Crippen molar-refractivity contribution < 1.29 is 19.4 Å². The van der Waals surface area contributed by atoms with E-state index >= 15 is 0 Å². The molecule has 0 spiro atoms. The van der Waals surface area contributed by atoms with Gasteiger partial charge in [0.25, 0.3) is 0 Å². The number of rotatable bonds is 5. The minimum absolute atomic E-state index is 0.272. The molecule has 0 saturated carbocycles. The van der Waals surface area contributed by atoms with Crippen LogP contribution in [-0.2, 0) is 4.79 Å². The highest BCUT2D eigenvalue weighted by atomic mass is 35.5. The van der Waals surface area contributed by atoms with E-state index < -0.39 is 17.8 Å². The second-order valence-electron chi connectivity index (χ2n) is 3.42. The number of Topliss-reactive ketones (excluding diaryl/α,β-unsaturated/α-hetero) is 1. The smallest absolute Gasteiger partial charge is 0.320 e. The van der Waals surface area contributed by atoms with Gasteiger partial charge in [-0.25, -0.2) is 0 Å². The van der Waals surface area contributed by atoms with Crippen LogP contribution >= 0.6 is 11.6 Å². The predicted molar refractivity (Wildman–Crippen MR) is 62.6 cm³/mol. The first-order valence-corrected chi connectivity index (χ1v) is 5.18. The van der Waals surface area contributed by atoms with Crippen LogP contribution in [0.5, 0.6) is 5.75 Å². The molecule has 0 fully saturated rings. The standard InChI is InChI=1S/C11H12ClNO4/c1-17-10-4-6(12)2-3-7(10)9(14)5-8(13)11(15)16/h2-4,8H,5,13H2,1H3,(H,15,16). The molecule has 0 radical (unpaired) electrons. The van der Waals surface area contributed by atoms with Gasteiger partial charge in [-0.15, -0.1) is 0 Å². The summed E-state index contributed by atoms with van der Waals surface area (Å²) in [7, 11) is 1.40. The number of halogens is 1. The van der Waals surface area contributed by atoms with E-state index in [9.17, 15) is 9.59 Å². The molecule has 1 rings (SSSR count). The molecular formula is C11H12ClNO4. The number of hydrogen-bond acceptors (Lipinski definition) is 4. The van der Waals surface area contributed by atoms with Gasteiger partial charge in [0.05, 0.1) is 12.7 Å². The third kappa shape index (κ3) is 3.44. The minimum Gasteiger partial charge on any atom is -0.496 e. The number of carboxylic acid groups (broad SMARTS) is 1. The summed E-state index contributed by atoms with van der Waals surface area (Å²) in [5, 5.41) is 9.05. The largest absolute Gasteiger partial charge is 0.496 e. The zero-order chi connectivity index (χ0) is 13.0. The van der Waals surface area contributed by atoms with Crippen molar-refractivity contribution in [2.24, 2.45) is 5.73 Å². The van der Waals surface area contributed by atoms with Crippen LogP contribution in [0.25, 0.3) is 0 Å². The van der Waals surface area contributed by atoms with Crippen molar-refractivity contribution in [2.75, 3.05) is 7.11 Å². The summed E-state index contributed by atoms with van der Waals surface area (Å²) in [6.45, 7) is 0. The number of hydrogen-bond donors (Lipinski definition) is 2. The number of carboxylic acids is 1. The number of nitrogens with two attached hydrogens (primary N) is 1. The molecule has 0 aliphatic carbocycles. The number of carbonyl (C=O) groups excluding carboxylic acids is 1. The Bertz CT molecular complexity index is 447. The van der Waals surface area contributed by atoms with E-state index in [0.717, 1.165) is 0 Å². The molecule has 0 saturated heterocycles. The van der Waals surface area contributed by atoms with E-state index in [1.165, 1.54) is 25.3 Å². The molecule has 0 aromatic heterocycles. The average Bonchev–Trinajstić information content (AvgIpc) is 2.28. The zero-order valence-electron chi connectivity index (χ0n) is 9.14. The van der Waals surface area contributed by atoms with Gasteiger partial charge in [-0.2, -0.15) is 0 Å². The molecule has 0 aliphatic heterocycles. The molecule has 92 valence electrons. The predicted octanol–water partition coefficient (Wildman–Crippen LogP) is 1.33. The topological polar surface area (TPSA) is 89.6 Å². The van der Waals surface area contributed by atoms with E-state index in [1.807, 2.05) is 0 Å². The number of carbonyl (C=O) groups is 2. The fraction of sp³-hybridized carbons (Fsp3) is 0.273. The molecule has 1 unspecified atom stereocenters. The highest BCUT2D eigenvalue weighted by Crippen LogP contribution is 2.24. The van der Waals surface area contributed by atoms with Crippen molar-refractivity contribution >= 4 is 23.4 Å². The Kier molecular flexibility index (Phi) is 4.48. The van der Waals surface area contributed by atoms with E-state index in [2.05, 4.69) is 0 Å². The summed E-state index contributed by atoms with van der Waals surface area (Å²) in [6, 6.07) is 3.28. The molecule has 3 N–H and O–H groups in total. The molecule has 0 bridgehead atoms. The van der Waals surface area contributed by atoms with E-state index in [-0.39, 0.29) is 12.0 Å². The minimum atomic E-state index is -1.22. The summed E-state index contributed by atoms with van der Waals surface area (Å²) in [4.78, 5) is 22.3. The third-order valence-electron chi connectivity index (χ3n) is 2.19. The van der Waals surface area contributed by atoms with Gasteiger partial charge in [0.2, 0.25) is 0 Å². The number of methoxy groups -OCH3 is 1. The normalized spacial score (nSPS) is 11.9. The second-order valence-corrected chi connectivity index (χ2v) is 3.85. The molecule has 6 heteroatoms. The maximum absolute atomic E-state index is 11.8. The molecule has 1 atom stereocenters. The fourth-order valence-electron chi connectivity index (χ4n) is 1.29. The second kappa shape index (κ2) is 5.65. The van der Waals surface area contributed by atoms with Crippen molar-refractivity contribution in [1.29, 1.82) is 0 Å². The molecule has 5 nitrogen and oxygen atoms in total. The average molecular weight is 258 g/mol.